The Bertz CT molecular complexity index is 599. The van der Waals surface area contributed by atoms with Gasteiger partial charge >= 0.3 is 0 Å². The van der Waals surface area contributed by atoms with E-state index in [-0.39, 0.29) is 5.82 Å². The fourth-order valence-corrected chi connectivity index (χ4v) is 3.18. The monoisotopic (exact) mass is 386 g/mol. The minimum atomic E-state index is -0.628. The van der Waals surface area contributed by atoms with Gasteiger partial charge < -0.3 is 5.11 Å². The maximum atomic E-state index is 13.0. The van der Waals surface area contributed by atoms with Crippen molar-refractivity contribution in [3.8, 4) is 0 Å². The lowest BCUT2D eigenvalue weighted by Crippen LogP contribution is -2.03. The Labute approximate surface area is 128 Å². The molecule has 0 bridgehead atoms. The summed E-state index contributed by atoms with van der Waals surface area (Å²) in [4.78, 5) is 0. The van der Waals surface area contributed by atoms with Crippen LogP contribution in [0.2, 0.25) is 0 Å². The van der Waals surface area contributed by atoms with Gasteiger partial charge in [0.1, 0.15) is 5.82 Å². The molecule has 1 atom stereocenters. The second-order valence-corrected chi connectivity index (χ2v) is 6.19. The van der Waals surface area contributed by atoms with Gasteiger partial charge in [-0.2, -0.15) is 0 Å². The summed E-state index contributed by atoms with van der Waals surface area (Å²) in [5.41, 5.74) is 2.84. The Balaban J connectivity index is 2.23. The molecule has 0 amide bonds. The topological polar surface area (TPSA) is 20.2 Å². The van der Waals surface area contributed by atoms with Crippen molar-refractivity contribution in [2.24, 2.45) is 0 Å². The van der Waals surface area contributed by atoms with Gasteiger partial charge in [0.2, 0.25) is 0 Å². The quantitative estimate of drug-likeness (QED) is 0.791. The third-order valence-electron chi connectivity index (χ3n) is 2.94. The summed E-state index contributed by atoms with van der Waals surface area (Å²) in [6.45, 7) is 2.00. The Morgan fingerprint density at radius 3 is 2.47 bits per heavy atom. The Hall–Kier alpha value is -0.710. The number of hydrogen-bond acceptors (Lipinski definition) is 1. The van der Waals surface area contributed by atoms with Gasteiger partial charge in [-0.3, -0.25) is 0 Å². The third kappa shape index (κ3) is 3.65. The van der Waals surface area contributed by atoms with E-state index in [9.17, 15) is 9.50 Å². The normalized spacial score (nSPS) is 12.5. The van der Waals surface area contributed by atoms with Gasteiger partial charge in [-0.15, -0.1) is 0 Å². The van der Waals surface area contributed by atoms with Crippen molar-refractivity contribution < 1.29 is 9.50 Å². The molecule has 0 saturated heterocycles. The lowest BCUT2D eigenvalue weighted by Gasteiger charge is -2.14. The summed E-state index contributed by atoms with van der Waals surface area (Å²) in [5.74, 6) is -0.290. The van der Waals surface area contributed by atoms with Crippen LogP contribution in [0.1, 0.15) is 22.8 Å². The highest BCUT2D eigenvalue weighted by atomic mass is 79.9. The van der Waals surface area contributed by atoms with Crippen LogP contribution in [0.15, 0.2) is 45.3 Å². The SMILES string of the molecule is Cc1ccc(C(O)Cc2ccc(F)cc2Br)c(Br)c1. The van der Waals surface area contributed by atoms with E-state index in [4.69, 9.17) is 0 Å². The Kier molecular flexibility index (Phi) is 4.76. The van der Waals surface area contributed by atoms with Crippen molar-refractivity contribution in [2.75, 3.05) is 0 Å². The highest BCUT2D eigenvalue weighted by molar-refractivity contribution is 9.10. The van der Waals surface area contributed by atoms with E-state index < -0.39 is 6.10 Å². The molecule has 4 heteroatoms. The number of aliphatic hydroxyl groups excluding tert-OH is 1. The summed E-state index contributed by atoms with van der Waals surface area (Å²) >= 11 is 6.77. The minimum absolute atomic E-state index is 0.290. The molecule has 0 saturated carbocycles. The van der Waals surface area contributed by atoms with Gasteiger partial charge in [0.25, 0.3) is 0 Å². The smallest absolute Gasteiger partial charge is 0.124 e. The van der Waals surface area contributed by atoms with Gasteiger partial charge in [0.05, 0.1) is 6.10 Å². The average molecular weight is 388 g/mol. The predicted molar refractivity (Wildman–Crippen MR) is 81.6 cm³/mol. The molecule has 0 aliphatic carbocycles. The van der Waals surface area contributed by atoms with Crippen molar-refractivity contribution in [1.29, 1.82) is 0 Å². The van der Waals surface area contributed by atoms with Gasteiger partial charge in [0.15, 0.2) is 0 Å². The van der Waals surface area contributed by atoms with Crippen molar-refractivity contribution >= 4 is 31.9 Å². The largest absolute Gasteiger partial charge is 0.388 e. The third-order valence-corrected chi connectivity index (χ3v) is 4.37. The fourth-order valence-electron chi connectivity index (χ4n) is 1.91. The molecular formula is C15H13Br2FO. The molecule has 0 aliphatic heterocycles. The van der Waals surface area contributed by atoms with E-state index in [0.29, 0.717) is 10.9 Å². The zero-order chi connectivity index (χ0) is 14.0. The average Bonchev–Trinajstić information content (AvgIpc) is 2.32. The van der Waals surface area contributed by atoms with E-state index in [1.165, 1.54) is 12.1 Å². The molecule has 0 aliphatic rings. The van der Waals surface area contributed by atoms with E-state index in [0.717, 1.165) is 21.2 Å². The molecule has 1 unspecified atom stereocenters. The molecule has 0 aromatic heterocycles. The maximum absolute atomic E-state index is 13.0. The van der Waals surface area contributed by atoms with Gasteiger partial charge in [-0.1, -0.05) is 50.1 Å². The van der Waals surface area contributed by atoms with E-state index in [2.05, 4.69) is 31.9 Å². The van der Waals surface area contributed by atoms with Crippen molar-refractivity contribution in [1.82, 2.24) is 0 Å². The maximum Gasteiger partial charge on any atom is 0.124 e. The van der Waals surface area contributed by atoms with Crippen LogP contribution in [-0.2, 0) is 6.42 Å². The highest BCUT2D eigenvalue weighted by Gasteiger charge is 2.14. The number of halogens is 3. The number of benzene rings is 2. The first-order valence-corrected chi connectivity index (χ1v) is 7.44. The molecular weight excluding hydrogens is 375 g/mol. The van der Waals surface area contributed by atoms with Crippen LogP contribution in [-0.4, -0.2) is 5.11 Å². The molecule has 1 N–H and O–H groups in total. The van der Waals surface area contributed by atoms with Gasteiger partial charge in [0, 0.05) is 15.4 Å². The number of aliphatic hydroxyl groups is 1. The van der Waals surface area contributed by atoms with Crippen LogP contribution in [0.25, 0.3) is 0 Å². The Morgan fingerprint density at radius 2 is 1.84 bits per heavy atom. The molecule has 0 spiro atoms. The minimum Gasteiger partial charge on any atom is -0.388 e. The molecule has 0 heterocycles. The van der Waals surface area contributed by atoms with E-state index >= 15 is 0 Å². The predicted octanol–water partition coefficient (Wildman–Crippen LogP) is 4.94. The van der Waals surface area contributed by atoms with Crippen LogP contribution in [0, 0.1) is 12.7 Å². The van der Waals surface area contributed by atoms with E-state index in [1.54, 1.807) is 6.07 Å². The van der Waals surface area contributed by atoms with Crippen LogP contribution >= 0.6 is 31.9 Å². The Morgan fingerprint density at radius 1 is 1.11 bits per heavy atom. The van der Waals surface area contributed by atoms with Crippen molar-refractivity contribution in [3.05, 3.63) is 67.9 Å². The zero-order valence-corrected chi connectivity index (χ0v) is 13.5. The first kappa shape index (κ1) is 14.7. The summed E-state index contributed by atoms with van der Waals surface area (Å²) in [6, 6.07) is 10.3. The van der Waals surface area contributed by atoms with Gasteiger partial charge in [-0.05, 0) is 41.8 Å². The lowest BCUT2D eigenvalue weighted by atomic mass is 10.0. The molecule has 100 valence electrons. The molecule has 2 rings (SSSR count). The summed E-state index contributed by atoms with van der Waals surface area (Å²) in [6.07, 6.45) is -0.195. The molecule has 19 heavy (non-hydrogen) atoms. The molecule has 2 aromatic rings. The molecule has 1 nitrogen and oxygen atoms in total. The van der Waals surface area contributed by atoms with Crippen molar-refractivity contribution in [2.45, 2.75) is 19.4 Å². The van der Waals surface area contributed by atoms with Crippen LogP contribution in [0.5, 0.6) is 0 Å². The first-order valence-electron chi connectivity index (χ1n) is 5.85. The molecule has 0 radical (unpaired) electrons. The standard InChI is InChI=1S/C15H13Br2FO/c1-9-2-5-12(14(17)6-9)15(19)7-10-3-4-11(18)8-13(10)16/h2-6,8,15,19H,7H2,1H3. The first-order chi connectivity index (χ1) is 8.97. The van der Waals surface area contributed by atoms with E-state index in [1.807, 2.05) is 25.1 Å². The fraction of sp³-hybridized carbons (Fsp3) is 0.200. The summed E-state index contributed by atoms with van der Waals surface area (Å²) < 4.78 is 14.6. The lowest BCUT2D eigenvalue weighted by molar-refractivity contribution is 0.177. The number of hydrogen-bond donors (Lipinski definition) is 1. The van der Waals surface area contributed by atoms with Crippen LogP contribution in [0.4, 0.5) is 4.39 Å². The van der Waals surface area contributed by atoms with Crippen LogP contribution in [0.3, 0.4) is 0 Å². The highest BCUT2D eigenvalue weighted by Crippen LogP contribution is 2.29. The molecule has 2 aromatic carbocycles. The number of aryl methyl sites for hydroxylation is 1. The number of rotatable bonds is 3. The zero-order valence-electron chi connectivity index (χ0n) is 10.3. The molecule has 0 fully saturated rings. The van der Waals surface area contributed by atoms with Gasteiger partial charge in [-0.25, -0.2) is 4.39 Å². The second-order valence-electron chi connectivity index (χ2n) is 4.48. The second kappa shape index (κ2) is 6.16. The summed E-state index contributed by atoms with van der Waals surface area (Å²) in [5, 5.41) is 10.3. The summed E-state index contributed by atoms with van der Waals surface area (Å²) in [7, 11) is 0. The van der Waals surface area contributed by atoms with Crippen molar-refractivity contribution in [3.63, 3.8) is 0 Å². The van der Waals surface area contributed by atoms with Crippen LogP contribution < -0.4 is 0 Å².